The van der Waals surface area contributed by atoms with Crippen LogP contribution in [0.1, 0.15) is 11.4 Å². The predicted molar refractivity (Wildman–Crippen MR) is 93.1 cm³/mol. The molecule has 23 heavy (non-hydrogen) atoms. The first-order valence-corrected chi connectivity index (χ1v) is 8.05. The van der Waals surface area contributed by atoms with E-state index in [0.717, 1.165) is 49.1 Å². The van der Waals surface area contributed by atoms with Crippen LogP contribution in [0, 0.1) is 0 Å². The summed E-state index contributed by atoms with van der Waals surface area (Å²) >= 11 is 0. The van der Waals surface area contributed by atoms with Crippen LogP contribution in [0.25, 0.3) is 11.3 Å². The van der Waals surface area contributed by atoms with E-state index in [1.807, 2.05) is 12.1 Å². The van der Waals surface area contributed by atoms with Crippen LogP contribution in [-0.4, -0.2) is 16.1 Å². The largest absolute Gasteiger partial charge is 0.366 e. The summed E-state index contributed by atoms with van der Waals surface area (Å²) in [6.07, 6.45) is 0. The third kappa shape index (κ3) is 2.85. The van der Waals surface area contributed by atoms with Gasteiger partial charge in [-0.3, -0.25) is 0 Å². The maximum absolute atomic E-state index is 4.87. The lowest BCUT2D eigenvalue weighted by atomic mass is 10.1. The van der Waals surface area contributed by atoms with Gasteiger partial charge in [-0.25, -0.2) is 4.98 Å². The molecule has 0 saturated heterocycles. The van der Waals surface area contributed by atoms with Crippen molar-refractivity contribution in [3.63, 3.8) is 0 Å². The molecule has 0 bridgehead atoms. The lowest BCUT2D eigenvalue weighted by Crippen LogP contribution is -2.28. The number of imidazole rings is 1. The van der Waals surface area contributed by atoms with Gasteiger partial charge in [0.1, 0.15) is 17.3 Å². The van der Waals surface area contributed by atoms with Gasteiger partial charge < -0.3 is 15.2 Å². The van der Waals surface area contributed by atoms with E-state index in [1.165, 1.54) is 5.56 Å². The maximum atomic E-state index is 4.87. The fourth-order valence-electron chi connectivity index (χ4n) is 3.02. The Hall–Kier alpha value is -2.59. The second kappa shape index (κ2) is 6.26. The molecular formula is C19H20N4. The quantitative estimate of drug-likeness (QED) is 0.777. The number of fused-ring (bicyclic) bond motifs is 1. The molecule has 0 radical (unpaired) electrons. The van der Waals surface area contributed by atoms with E-state index in [2.05, 4.69) is 63.7 Å². The highest BCUT2D eigenvalue weighted by Crippen LogP contribution is 2.30. The SMILES string of the molecule is c1ccc(CNc2c(-c3ccccc3)nc3n2CCNC3)cc1. The summed E-state index contributed by atoms with van der Waals surface area (Å²) in [5.74, 6) is 2.22. The topological polar surface area (TPSA) is 41.9 Å². The first kappa shape index (κ1) is 14.0. The number of aromatic nitrogens is 2. The Morgan fingerprint density at radius 3 is 2.52 bits per heavy atom. The minimum atomic E-state index is 0.805. The van der Waals surface area contributed by atoms with Gasteiger partial charge >= 0.3 is 0 Å². The number of hydrogen-bond donors (Lipinski definition) is 2. The third-order valence-corrected chi connectivity index (χ3v) is 4.19. The van der Waals surface area contributed by atoms with Crippen molar-refractivity contribution < 1.29 is 0 Å². The fourth-order valence-corrected chi connectivity index (χ4v) is 3.02. The summed E-state index contributed by atoms with van der Waals surface area (Å²) in [5, 5.41) is 7.00. The summed E-state index contributed by atoms with van der Waals surface area (Å²) in [7, 11) is 0. The van der Waals surface area contributed by atoms with Gasteiger partial charge in [-0.1, -0.05) is 60.7 Å². The lowest BCUT2D eigenvalue weighted by Gasteiger charge is -2.18. The van der Waals surface area contributed by atoms with E-state index in [-0.39, 0.29) is 0 Å². The number of anilines is 1. The molecular weight excluding hydrogens is 284 g/mol. The average molecular weight is 304 g/mol. The summed E-state index contributed by atoms with van der Waals surface area (Å²) < 4.78 is 2.31. The Kier molecular flexibility index (Phi) is 3.82. The Balaban J connectivity index is 1.70. The van der Waals surface area contributed by atoms with Gasteiger partial charge in [0.25, 0.3) is 0 Å². The van der Waals surface area contributed by atoms with Gasteiger partial charge in [0.2, 0.25) is 0 Å². The third-order valence-electron chi connectivity index (χ3n) is 4.19. The maximum Gasteiger partial charge on any atom is 0.134 e. The molecule has 0 unspecified atom stereocenters. The zero-order valence-corrected chi connectivity index (χ0v) is 13.0. The first-order chi connectivity index (χ1) is 11.4. The summed E-state index contributed by atoms with van der Waals surface area (Å²) in [5.41, 5.74) is 3.47. The van der Waals surface area contributed by atoms with Crippen LogP contribution < -0.4 is 10.6 Å². The molecule has 1 aliphatic rings. The normalized spacial score (nSPS) is 13.6. The molecule has 116 valence electrons. The molecule has 2 aromatic carbocycles. The van der Waals surface area contributed by atoms with Crippen LogP contribution >= 0.6 is 0 Å². The van der Waals surface area contributed by atoms with Crippen LogP contribution in [0.15, 0.2) is 60.7 Å². The molecule has 0 atom stereocenters. The van der Waals surface area contributed by atoms with Crippen molar-refractivity contribution >= 4 is 5.82 Å². The number of nitrogens with zero attached hydrogens (tertiary/aromatic N) is 2. The Bertz CT molecular complexity index is 778. The summed E-state index contributed by atoms with van der Waals surface area (Å²) in [6, 6.07) is 20.9. The summed E-state index contributed by atoms with van der Waals surface area (Å²) in [6.45, 7) is 3.57. The second-order valence-corrected chi connectivity index (χ2v) is 5.76. The second-order valence-electron chi connectivity index (χ2n) is 5.76. The Morgan fingerprint density at radius 1 is 1.00 bits per heavy atom. The highest BCUT2D eigenvalue weighted by Gasteiger charge is 2.20. The van der Waals surface area contributed by atoms with Gasteiger partial charge in [0.15, 0.2) is 0 Å². The molecule has 0 saturated carbocycles. The van der Waals surface area contributed by atoms with Gasteiger partial charge in [0.05, 0.1) is 6.54 Å². The highest BCUT2D eigenvalue weighted by atomic mass is 15.2. The van der Waals surface area contributed by atoms with Crippen molar-refractivity contribution in [1.29, 1.82) is 0 Å². The monoisotopic (exact) mass is 304 g/mol. The van der Waals surface area contributed by atoms with Crippen LogP contribution in [0.5, 0.6) is 0 Å². The number of hydrogen-bond acceptors (Lipinski definition) is 3. The average Bonchev–Trinajstić information content (AvgIpc) is 3.00. The van der Waals surface area contributed by atoms with E-state index in [0.29, 0.717) is 0 Å². The van der Waals surface area contributed by atoms with Crippen molar-refractivity contribution in [2.75, 3.05) is 11.9 Å². The van der Waals surface area contributed by atoms with Crippen LogP contribution in [0.2, 0.25) is 0 Å². The van der Waals surface area contributed by atoms with Crippen molar-refractivity contribution in [3.05, 3.63) is 72.1 Å². The standard InChI is InChI=1S/C19H20N4/c1-3-7-15(8-4-1)13-21-19-18(16-9-5-2-6-10-16)22-17-14-20-11-12-23(17)19/h1-10,20-21H,11-14H2. The molecule has 0 fully saturated rings. The van der Waals surface area contributed by atoms with Crippen molar-refractivity contribution in [2.24, 2.45) is 0 Å². The zero-order chi connectivity index (χ0) is 15.5. The number of benzene rings is 2. The minimum absolute atomic E-state index is 0.805. The molecule has 0 aliphatic carbocycles. The molecule has 3 aromatic rings. The molecule has 0 spiro atoms. The predicted octanol–water partition coefficient (Wildman–Crippen LogP) is 3.27. The molecule has 2 heterocycles. The molecule has 4 rings (SSSR count). The zero-order valence-electron chi connectivity index (χ0n) is 13.0. The van der Waals surface area contributed by atoms with Crippen molar-refractivity contribution in [1.82, 2.24) is 14.9 Å². The van der Waals surface area contributed by atoms with Crippen LogP contribution in [0.4, 0.5) is 5.82 Å². The van der Waals surface area contributed by atoms with Crippen LogP contribution in [0.3, 0.4) is 0 Å². The van der Waals surface area contributed by atoms with Gasteiger partial charge in [-0.2, -0.15) is 0 Å². The van der Waals surface area contributed by atoms with Crippen LogP contribution in [-0.2, 0) is 19.6 Å². The Morgan fingerprint density at radius 2 is 1.74 bits per heavy atom. The van der Waals surface area contributed by atoms with E-state index in [9.17, 15) is 0 Å². The van der Waals surface area contributed by atoms with Gasteiger partial charge in [-0.05, 0) is 5.56 Å². The van der Waals surface area contributed by atoms with E-state index in [1.54, 1.807) is 0 Å². The van der Waals surface area contributed by atoms with Gasteiger partial charge in [-0.15, -0.1) is 0 Å². The summed E-state index contributed by atoms with van der Waals surface area (Å²) in [4.78, 5) is 4.87. The number of nitrogens with one attached hydrogen (secondary N) is 2. The molecule has 1 aromatic heterocycles. The highest BCUT2D eigenvalue weighted by molar-refractivity contribution is 5.72. The minimum Gasteiger partial charge on any atom is -0.366 e. The van der Waals surface area contributed by atoms with Gasteiger partial charge in [0, 0.05) is 25.2 Å². The van der Waals surface area contributed by atoms with E-state index in [4.69, 9.17) is 4.98 Å². The van der Waals surface area contributed by atoms with Crippen molar-refractivity contribution in [2.45, 2.75) is 19.6 Å². The lowest BCUT2D eigenvalue weighted by molar-refractivity contribution is 0.508. The molecule has 1 aliphatic heterocycles. The number of rotatable bonds is 4. The smallest absolute Gasteiger partial charge is 0.134 e. The fraction of sp³-hybridized carbons (Fsp3) is 0.211. The molecule has 0 amide bonds. The van der Waals surface area contributed by atoms with E-state index >= 15 is 0 Å². The first-order valence-electron chi connectivity index (χ1n) is 8.05. The molecule has 4 nitrogen and oxygen atoms in total. The molecule has 2 N–H and O–H groups in total. The van der Waals surface area contributed by atoms with E-state index < -0.39 is 0 Å². The molecule has 4 heteroatoms. The Labute approximate surface area is 136 Å². The van der Waals surface area contributed by atoms with Crippen molar-refractivity contribution in [3.8, 4) is 11.3 Å².